The summed E-state index contributed by atoms with van der Waals surface area (Å²) < 4.78 is 82.3. The van der Waals surface area contributed by atoms with Gasteiger partial charge in [0, 0.05) is 40.3 Å². The van der Waals surface area contributed by atoms with Gasteiger partial charge in [0.15, 0.2) is 0 Å². The summed E-state index contributed by atoms with van der Waals surface area (Å²) in [7, 11) is -3.68. The van der Waals surface area contributed by atoms with E-state index in [0.717, 1.165) is 0 Å². The van der Waals surface area contributed by atoms with Crippen molar-refractivity contribution in [1.29, 1.82) is 10.5 Å². The zero-order valence-electron chi connectivity index (χ0n) is 29.7. The molecule has 5 aromatic carbocycles. The third-order valence-corrected chi connectivity index (χ3v) is 7.41. The van der Waals surface area contributed by atoms with E-state index in [1.165, 1.54) is 24.3 Å². The van der Waals surface area contributed by atoms with Crippen molar-refractivity contribution in [2.75, 3.05) is 11.5 Å². The van der Waals surface area contributed by atoms with E-state index in [1.54, 1.807) is 97.1 Å². The van der Waals surface area contributed by atoms with Crippen LogP contribution < -0.4 is 20.9 Å². The van der Waals surface area contributed by atoms with Crippen LogP contribution in [0.1, 0.15) is 11.1 Å². The number of nitriles is 2. The molecule has 0 unspecified atom stereocenters. The molecule has 0 fully saturated rings. The normalized spacial score (nSPS) is 7.49. The van der Waals surface area contributed by atoms with Crippen molar-refractivity contribution in [1.82, 2.24) is 0 Å². The van der Waals surface area contributed by atoms with Crippen molar-refractivity contribution in [2.24, 2.45) is 0 Å². The summed E-state index contributed by atoms with van der Waals surface area (Å²) in [6.45, 7) is 33.5. The number of nitrogen functional groups attached to an aromatic ring is 2. The average Bonchev–Trinajstić information content (AvgIpc) is 3.30. The van der Waals surface area contributed by atoms with Crippen molar-refractivity contribution in [3.05, 3.63) is 172 Å². The van der Waals surface area contributed by atoms with Crippen LogP contribution in [0.2, 0.25) is 0 Å². The molecule has 59 heavy (non-hydrogen) atoms. The Balaban J connectivity index is -0.000000162. The zero-order chi connectivity index (χ0) is 45.2. The predicted molar refractivity (Wildman–Crippen MR) is 193 cm³/mol. The minimum Gasteiger partial charge on any atom is -0.545 e. The smallest absolute Gasteiger partial charge is 0.545 e. The molecular formula is C40H26Co2N4O12S. The van der Waals surface area contributed by atoms with Crippen LogP contribution in [0.15, 0.2) is 131 Å². The molecule has 5 rings (SSSR count). The fourth-order valence-corrected chi connectivity index (χ4v) is 4.88. The number of benzene rings is 5. The third kappa shape index (κ3) is 26.5. The maximum absolute atomic E-state index is 12.9. The van der Waals surface area contributed by atoms with E-state index >= 15 is 0 Å². The SMILES string of the molecule is N#Cc1ccccc1C#N.Nc1cccc(Oc2ccc(S(=O)(=O)c3ccc(Oc4cccc(N)c4)cc3)cc2)c1.[C-]#[O+].[C-]#[O+].[C-]#[O+].[C-]#[O+].[C-]#[O+].[C-]#[O+].[CH-]=O.[CH-]=O.[Co+2].[Co]. The summed E-state index contributed by atoms with van der Waals surface area (Å²) in [6.07, 6.45) is 0. The number of hydrogen-bond acceptors (Lipinski definition) is 10. The number of nitrogens with two attached hydrogens (primary N) is 2. The first-order chi connectivity index (χ1) is 27.8. The zero-order valence-corrected chi connectivity index (χ0v) is 32.6. The molecule has 0 heterocycles. The Morgan fingerprint density at radius 2 is 0.746 bits per heavy atom. The van der Waals surface area contributed by atoms with Crippen molar-refractivity contribution in [3.8, 4) is 35.1 Å². The van der Waals surface area contributed by atoms with Crippen molar-refractivity contribution in [2.45, 2.75) is 9.79 Å². The minimum absolute atomic E-state index is 0. The molecule has 2 radical (unpaired) electrons. The van der Waals surface area contributed by atoms with Crippen LogP contribution >= 0.6 is 0 Å². The van der Waals surface area contributed by atoms with Crippen LogP contribution in [-0.2, 0) is 80.9 Å². The first-order valence-corrected chi connectivity index (χ1v) is 15.4. The first-order valence-electron chi connectivity index (χ1n) is 13.9. The fourth-order valence-electron chi connectivity index (χ4n) is 3.62. The largest absolute Gasteiger partial charge is 2.00 e. The van der Waals surface area contributed by atoms with Crippen LogP contribution in [0.3, 0.4) is 0 Å². The monoisotopic (exact) mass is 904 g/mol. The Bertz CT molecular complexity index is 2020. The number of carbonyl (C=O) groups excluding carboxylic acids is 2. The third-order valence-electron chi connectivity index (χ3n) is 5.62. The molecule has 0 aliphatic rings. The van der Waals surface area contributed by atoms with Gasteiger partial charge in [-0.05, 0) is 84.9 Å². The number of hydrogen-bond donors (Lipinski definition) is 2. The quantitative estimate of drug-likeness (QED) is 0.0877. The number of anilines is 2. The van der Waals surface area contributed by atoms with Crippen molar-refractivity contribution < 1.29 is 89.0 Å². The molecule has 0 aromatic heterocycles. The first kappa shape index (κ1) is 66.8. The van der Waals surface area contributed by atoms with Crippen LogP contribution in [0.4, 0.5) is 11.4 Å². The standard InChI is InChI=1S/C24H20N2O4S.C8H4N2.2CHO.6CO.2Co/c25-17-3-1-5-21(15-17)29-19-7-11-23(12-8-19)31(27,28)24-13-9-20(10-14-24)30-22-6-2-4-18(26)16-22;9-5-7-3-1-2-4-8(7)6-10;8*1-2;;/h1-16H,25-26H2;1-4H;2*1H;;;;;;;;/q;;2*-1;;;;;;;;+2. The van der Waals surface area contributed by atoms with Gasteiger partial charge in [-0.2, -0.15) is 10.5 Å². The van der Waals surface area contributed by atoms with Gasteiger partial charge >= 0.3 is 84.6 Å². The van der Waals surface area contributed by atoms with E-state index in [2.05, 4.69) is 53.5 Å². The average molecular weight is 905 g/mol. The molecule has 0 spiro atoms. The maximum atomic E-state index is 12.9. The van der Waals surface area contributed by atoms with Gasteiger partial charge in [-0.3, -0.25) is 13.6 Å². The Hall–Kier alpha value is -6.98. The van der Waals surface area contributed by atoms with Crippen molar-refractivity contribution >= 4 is 34.8 Å². The van der Waals surface area contributed by atoms with Crippen LogP contribution in [0.25, 0.3) is 0 Å². The Morgan fingerprint density at radius 3 is 0.983 bits per heavy atom. The Labute approximate surface area is 361 Å². The summed E-state index contributed by atoms with van der Waals surface area (Å²) in [5.74, 6) is 2.17. The second kappa shape index (κ2) is 45.4. The molecule has 16 nitrogen and oxygen atoms in total. The molecule has 302 valence electrons. The summed E-state index contributed by atoms with van der Waals surface area (Å²) >= 11 is 0. The van der Waals surface area contributed by atoms with Gasteiger partial charge in [-0.15, -0.1) is 0 Å². The second-order valence-corrected chi connectivity index (χ2v) is 10.5. The van der Waals surface area contributed by atoms with Gasteiger partial charge in [0.1, 0.15) is 35.1 Å². The van der Waals surface area contributed by atoms with E-state index in [9.17, 15) is 8.42 Å². The summed E-state index contributed by atoms with van der Waals surface area (Å²) in [6, 6.07) is 37.0. The molecule has 0 amide bonds. The number of sulfone groups is 1. The molecule has 0 bridgehead atoms. The number of rotatable bonds is 6. The molecule has 0 aliphatic heterocycles. The summed E-state index contributed by atoms with van der Waals surface area (Å²) in [5, 5.41) is 16.9. The van der Waals surface area contributed by atoms with E-state index < -0.39 is 9.84 Å². The van der Waals surface area contributed by atoms with E-state index in [4.69, 9.17) is 69.0 Å². The molecular weight excluding hydrogens is 878 g/mol. The van der Waals surface area contributed by atoms with Crippen LogP contribution in [0.5, 0.6) is 23.0 Å². The molecule has 4 N–H and O–H groups in total. The van der Waals surface area contributed by atoms with Crippen LogP contribution in [-0.4, -0.2) is 22.0 Å². The maximum Gasteiger partial charge on any atom is 2.00 e. The summed E-state index contributed by atoms with van der Waals surface area (Å²) in [5.41, 5.74) is 13.5. The Kier molecular flexibility index (Phi) is 51.4. The second-order valence-electron chi connectivity index (χ2n) is 8.56. The van der Waals surface area contributed by atoms with Gasteiger partial charge < -0.3 is 30.5 Å². The fraction of sp³-hybridized carbons (Fsp3) is 0. The molecule has 0 atom stereocenters. The Morgan fingerprint density at radius 1 is 0.475 bits per heavy atom. The predicted octanol–water partition coefficient (Wildman–Crippen LogP) is 5.92. The van der Waals surface area contributed by atoms with Gasteiger partial charge in [0.05, 0.1) is 20.9 Å². The molecule has 0 saturated carbocycles. The summed E-state index contributed by atoms with van der Waals surface area (Å²) in [4.78, 5) is 15.8. The molecule has 19 heteroatoms. The van der Waals surface area contributed by atoms with Crippen LogP contribution in [0, 0.1) is 62.6 Å². The molecule has 0 saturated heterocycles. The minimum atomic E-state index is -3.68. The van der Waals surface area contributed by atoms with E-state index in [-0.39, 0.29) is 43.3 Å². The molecule has 5 aromatic rings. The van der Waals surface area contributed by atoms with Crippen molar-refractivity contribution in [3.63, 3.8) is 0 Å². The van der Waals surface area contributed by atoms with E-state index in [1.807, 2.05) is 12.1 Å². The van der Waals surface area contributed by atoms with Gasteiger partial charge in [-0.25, -0.2) is 8.42 Å². The molecule has 0 aliphatic carbocycles. The van der Waals surface area contributed by atoms with E-state index in [0.29, 0.717) is 45.5 Å². The van der Waals surface area contributed by atoms with Gasteiger partial charge in [-0.1, -0.05) is 24.3 Å². The number of ether oxygens (including phenoxy) is 2. The topological polar surface area (TPSA) is 306 Å². The number of nitrogens with zero attached hydrogens (tertiary/aromatic N) is 2. The van der Waals surface area contributed by atoms with Gasteiger partial charge in [0.2, 0.25) is 9.84 Å². The van der Waals surface area contributed by atoms with Gasteiger partial charge in [0.25, 0.3) is 0 Å².